The number of carbonyl (C=O) groups excluding carboxylic acids is 1. The van der Waals surface area contributed by atoms with Gasteiger partial charge in [0.15, 0.2) is 6.10 Å². The molecule has 3 atom stereocenters. The van der Waals surface area contributed by atoms with E-state index in [9.17, 15) is 4.79 Å². The molecule has 5 heteroatoms. The molecule has 0 amide bonds. The van der Waals surface area contributed by atoms with Crippen molar-refractivity contribution in [3.8, 4) is 23.7 Å². The summed E-state index contributed by atoms with van der Waals surface area (Å²) in [6.45, 7) is 5.56. The number of cyclic esters (lactones) is 1. The lowest BCUT2D eigenvalue weighted by molar-refractivity contribution is -0.406. The second kappa shape index (κ2) is 14.5. The third-order valence-electron chi connectivity index (χ3n) is 5.69. The van der Waals surface area contributed by atoms with E-state index < -0.39 is 17.7 Å². The Kier molecular flexibility index (Phi) is 12.8. The molecule has 0 spiro atoms. The number of ether oxygens (including phenoxy) is 4. The molecule has 170 valence electrons. The van der Waals surface area contributed by atoms with Crippen LogP contribution in [0.2, 0.25) is 0 Å². The van der Waals surface area contributed by atoms with E-state index in [1.807, 2.05) is 0 Å². The molecule has 0 aromatic heterocycles. The van der Waals surface area contributed by atoms with E-state index in [4.69, 9.17) is 18.9 Å². The van der Waals surface area contributed by atoms with E-state index in [-0.39, 0.29) is 5.97 Å². The van der Waals surface area contributed by atoms with E-state index in [0.717, 1.165) is 44.9 Å². The third kappa shape index (κ3) is 8.68. The van der Waals surface area contributed by atoms with Crippen molar-refractivity contribution < 1.29 is 23.7 Å². The van der Waals surface area contributed by atoms with Crippen molar-refractivity contribution in [1.82, 2.24) is 0 Å². The minimum Gasteiger partial charge on any atom is -0.425 e. The first-order valence-electron chi connectivity index (χ1n) is 11.4. The highest BCUT2D eigenvalue weighted by Crippen LogP contribution is 2.38. The van der Waals surface area contributed by atoms with Gasteiger partial charge in [0.25, 0.3) is 5.79 Å². The summed E-state index contributed by atoms with van der Waals surface area (Å²) in [7, 11) is 3.00. The first kappa shape index (κ1) is 26.5. The molecule has 0 aliphatic carbocycles. The molecular weight excluding hydrogens is 380 g/mol. The summed E-state index contributed by atoms with van der Waals surface area (Å²) in [5, 5.41) is 0. The van der Waals surface area contributed by atoms with Crippen molar-refractivity contribution in [2.24, 2.45) is 0 Å². The van der Waals surface area contributed by atoms with Crippen LogP contribution in [-0.4, -0.2) is 37.9 Å². The molecule has 0 saturated carbocycles. The van der Waals surface area contributed by atoms with E-state index >= 15 is 0 Å². The van der Waals surface area contributed by atoms with Crippen molar-refractivity contribution in [1.29, 1.82) is 0 Å². The Balaban J connectivity index is 2.11. The van der Waals surface area contributed by atoms with Crippen LogP contribution in [0.15, 0.2) is 0 Å². The second-order valence-electron chi connectivity index (χ2n) is 8.05. The molecule has 0 aromatic carbocycles. The molecule has 1 aliphatic rings. The smallest absolute Gasteiger partial charge is 0.338 e. The number of hydrogen-bond acceptors (Lipinski definition) is 5. The van der Waals surface area contributed by atoms with Crippen molar-refractivity contribution >= 4 is 5.97 Å². The Morgan fingerprint density at radius 3 is 1.93 bits per heavy atom. The molecule has 0 aromatic rings. The van der Waals surface area contributed by atoms with Gasteiger partial charge in [-0.05, 0) is 38.0 Å². The lowest BCUT2D eigenvalue weighted by Gasteiger charge is -2.47. The van der Waals surface area contributed by atoms with Gasteiger partial charge < -0.3 is 18.9 Å². The summed E-state index contributed by atoms with van der Waals surface area (Å²) in [6, 6.07) is 0. The highest BCUT2D eigenvalue weighted by molar-refractivity contribution is 5.75. The number of carbonyl (C=O) groups is 1. The van der Waals surface area contributed by atoms with E-state index in [2.05, 4.69) is 30.6 Å². The van der Waals surface area contributed by atoms with Gasteiger partial charge in [-0.25, -0.2) is 4.79 Å². The van der Waals surface area contributed by atoms with Crippen LogP contribution in [-0.2, 0) is 23.7 Å². The molecule has 1 saturated heterocycles. The van der Waals surface area contributed by atoms with Crippen LogP contribution in [0.4, 0.5) is 0 Å². The minimum atomic E-state index is -1.25. The van der Waals surface area contributed by atoms with Gasteiger partial charge in [-0.3, -0.25) is 0 Å². The summed E-state index contributed by atoms with van der Waals surface area (Å²) in [4.78, 5) is 12.2. The first-order valence-corrected chi connectivity index (χ1v) is 11.4. The van der Waals surface area contributed by atoms with Gasteiger partial charge in [-0.1, -0.05) is 63.7 Å². The summed E-state index contributed by atoms with van der Waals surface area (Å²) in [5.41, 5.74) is 0. The van der Waals surface area contributed by atoms with Gasteiger partial charge >= 0.3 is 5.97 Å². The number of hydrogen-bond donors (Lipinski definition) is 0. The summed E-state index contributed by atoms with van der Waals surface area (Å²) >= 11 is 0. The van der Waals surface area contributed by atoms with Gasteiger partial charge in [0, 0.05) is 34.0 Å². The molecule has 30 heavy (non-hydrogen) atoms. The fraction of sp³-hybridized carbons (Fsp3) is 0.800. The van der Waals surface area contributed by atoms with E-state index in [0.29, 0.717) is 6.42 Å². The molecule has 1 rings (SSSR count). The van der Waals surface area contributed by atoms with Gasteiger partial charge in [-0.15, -0.1) is 0 Å². The summed E-state index contributed by atoms with van der Waals surface area (Å²) in [6.07, 6.45) is 12.2. The van der Waals surface area contributed by atoms with Crippen molar-refractivity contribution in [3.63, 3.8) is 0 Å². The van der Waals surface area contributed by atoms with Gasteiger partial charge in [0.1, 0.15) is 0 Å². The number of unbranched alkanes of at least 4 members (excludes halogenated alkanes) is 9. The molecule has 1 fully saturated rings. The predicted molar refractivity (Wildman–Crippen MR) is 118 cm³/mol. The lowest BCUT2D eigenvalue weighted by Crippen LogP contribution is -2.64. The van der Waals surface area contributed by atoms with Crippen LogP contribution in [0.3, 0.4) is 0 Å². The fourth-order valence-electron chi connectivity index (χ4n) is 3.32. The Bertz CT molecular complexity index is 623. The van der Waals surface area contributed by atoms with E-state index in [1.165, 1.54) is 39.9 Å². The number of esters is 1. The maximum Gasteiger partial charge on any atom is 0.338 e. The zero-order chi connectivity index (χ0) is 22.3. The molecule has 0 radical (unpaired) electrons. The molecule has 0 N–H and O–H groups in total. The molecule has 1 heterocycles. The number of rotatable bonds is 13. The highest BCUT2D eigenvalue weighted by atomic mass is 16.8. The molecule has 0 bridgehead atoms. The standard InChI is InChI=1S/C25H40O5/c1-6-7-8-9-10-11-12-13-14-15-16-17-18-19-20-21-22-23(26)30-25(3,28-5)24(2,27-4)29-22/h22H,6-8,13-21H2,1-5H3/t22-,24+,25+/m1/s1. The minimum absolute atomic E-state index is 0.384. The quantitative estimate of drug-likeness (QED) is 0.228. The molecule has 5 nitrogen and oxygen atoms in total. The van der Waals surface area contributed by atoms with Gasteiger partial charge in [-0.2, -0.15) is 0 Å². The van der Waals surface area contributed by atoms with Crippen LogP contribution in [0, 0.1) is 23.7 Å². The van der Waals surface area contributed by atoms with Crippen LogP contribution in [0.5, 0.6) is 0 Å². The topological polar surface area (TPSA) is 54.0 Å². The number of methoxy groups -OCH3 is 2. The van der Waals surface area contributed by atoms with Crippen molar-refractivity contribution in [3.05, 3.63) is 0 Å². The average molecular weight is 421 g/mol. The Morgan fingerprint density at radius 2 is 1.37 bits per heavy atom. The van der Waals surface area contributed by atoms with Gasteiger partial charge in [0.2, 0.25) is 5.79 Å². The zero-order valence-corrected chi connectivity index (χ0v) is 19.6. The second-order valence-corrected chi connectivity index (χ2v) is 8.05. The maximum atomic E-state index is 12.2. The summed E-state index contributed by atoms with van der Waals surface area (Å²) in [5.74, 6) is 9.33. The Labute approximate surface area is 183 Å². The Morgan fingerprint density at radius 1 is 0.833 bits per heavy atom. The van der Waals surface area contributed by atoms with Crippen LogP contribution < -0.4 is 0 Å². The van der Waals surface area contributed by atoms with Gasteiger partial charge in [0.05, 0.1) is 0 Å². The van der Waals surface area contributed by atoms with Crippen molar-refractivity contribution in [2.75, 3.05) is 14.2 Å². The van der Waals surface area contributed by atoms with Crippen LogP contribution in [0.1, 0.15) is 97.8 Å². The zero-order valence-electron chi connectivity index (χ0n) is 19.6. The first-order chi connectivity index (χ1) is 14.4. The molecule has 1 aliphatic heterocycles. The third-order valence-corrected chi connectivity index (χ3v) is 5.69. The summed E-state index contributed by atoms with van der Waals surface area (Å²) < 4.78 is 22.2. The van der Waals surface area contributed by atoms with E-state index in [1.54, 1.807) is 13.8 Å². The Hall–Kier alpha value is -1.53. The normalized spacial score (nSPS) is 25.6. The molecular formula is C25H40O5. The van der Waals surface area contributed by atoms with Crippen LogP contribution in [0.25, 0.3) is 0 Å². The maximum absolute atomic E-state index is 12.2. The largest absolute Gasteiger partial charge is 0.425 e. The molecule has 0 unspecified atom stereocenters. The monoisotopic (exact) mass is 420 g/mol. The lowest BCUT2D eigenvalue weighted by atomic mass is 10.0. The highest BCUT2D eigenvalue weighted by Gasteiger charge is 2.57. The van der Waals surface area contributed by atoms with Crippen LogP contribution >= 0.6 is 0 Å². The SMILES string of the molecule is CCCCC#CC#CCCCCCCCCC[C@H]1O[C@](C)(OC)[C@@](C)(OC)OC1=O. The van der Waals surface area contributed by atoms with Crippen molar-refractivity contribution in [2.45, 2.75) is 115 Å². The average Bonchev–Trinajstić information content (AvgIpc) is 2.74. The fourth-order valence-corrected chi connectivity index (χ4v) is 3.32. The predicted octanol–water partition coefficient (Wildman–Crippen LogP) is 5.36.